The second kappa shape index (κ2) is 5.25. The number of aromatic nitrogens is 1. The lowest BCUT2D eigenvalue weighted by atomic mass is 10.2. The average molecular weight is 262 g/mol. The van der Waals surface area contributed by atoms with Crippen molar-refractivity contribution in [2.24, 2.45) is 0 Å². The maximum absolute atomic E-state index is 12.0. The number of amides is 1. The Labute approximate surface area is 109 Å². The van der Waals surface area contributed by atoms with Crippen LogP contribution in [0.4, 0.5) is 0 Å². The van der Waals surface area contributed by atoms with Crippen LogP contribution in [0.1, 0.15) is 5.56 Å². The standard InChI is InChI=1S/C12H10N2OS2/c1-2-7-14-11(15)10(17-12(14)16)8-9-3-5-13-6-4-9/h2-6,8H,1,7H2/b10-8+. The van der Waals surface area contributed by atoms with Gasteiger partial charge in [0.05, 0.1) is 4.91 Å². The van der Waals surface area contributed by atoms with E-state index < -0.39 is 0 Å². The summed E-state index contributed by atoms with van der Waals surface area (Å²) in [4.78, 5) is 18.1. The lowest BCUT2D eigenvalue weighted by Gasteiger charge is -2.10. The van der Waals surface area contributed by atoms with E-state index in [9.17, 15) is 4.79 Å². The van der Waals surface area contributed by atoms with Crippen molar-refractivity contribution in [1.82, 2.24) is 9.88 Å². The van der Waals surface area contributed by atoms with Crippen LogP contribution in [0.3, 0.4) is 0 Å². The molecule has 1 aromatic heterocycles. The molecular weight excluding hydrogens is 252 g/mol. The molecule has 1 saturated heterocycles. The van der Waals surface area contributed by atoms with Gasteiger partial charge in [-0.1, -0.05) is 30.1 Å². The number of hydrogen-bond acceptors (Lipinski definition) is 4. The Bertz CT molecular complexity index is 496. The smallest absolute Gasteiger partial charge is 0.266 e. The zero-order valence-electron chi connectivity index (χ0n) is 9.00. The summed E-state index contributed by atoms with van der Waals surface area (Å²) < 4.78 is 0.579. The third-order valence-electron chi connectivity index (χ3n) is 2.19. The Hall–Kier alpha value is -1.46. The van der Waals surface area contributed by atoms with E-state index in [1.54, 1.807) is 23.4 Å². The quantitative estimate of drug-likeness (QED) is 0.476. The van der Waals surface area contributed by atoms with Crippen LogP contribution in [0.25, 0.3) is 6.08 Å². The van der Waals surface area contributed by atoms with Crippen molar-refractivity contribution in [1.29, 1.82) is 0 Å². The third kappa shape index (κ3) is 2.62. The van der Waals surface area contributed by atoms with Crippen LogP contribution >= 0.6 is 24.0 Å². The zero-order chi connectivity index (χ0) is 12.3. The number of rotatable bonds is 3. The lowest BCUT2D eigenvalue weighted by molar-refractivity contribution is -0.121. The van der Waals surface area contributed by atoms with Crippen LogP contribution in [0, 0.1) is 0 Å². The highest BCUT2D eigenvalue weighted by Gasteiger charge is 2.30. The van der Waals surface area contributed by atoms with Gasteiger partial charge in [0, 0.05) is 18.9 Å². The number of carbonyl (C=O) groups excluding carboxylic acids is 1. The molecule has 0 bridgehead atoms. The summed E-state index contributed by atoms with van der Waals surface area (Å²) in [5, 5.41) is 0. The first-order valence-electron chi connectivity index (χ1n) is 4.98. The van der Waals surface area contributed by atoms with E-state index in [-0.39, 0.29) is 5.91 Å². The summed E-state index contributed by atoms with van der Waals surface area (Å²) in [5.74, 6) is -0.0586. The largest absolute Gasteiger partial charge is 0.289 e. The van der Waals surface area contributed by atoms with Crippen LogP contribution in [-0.2, 0) is 4.79 Å². The van der Waals surface area contributed by atoms with Crippen LogP contribution in [0.5, 0.6) is 0 Å². The van der Waals surface area contributed by atoms with Crippen LogP contribution in [0.15, 0.2) is 42.1 Å². The van der Waals surface area contributed by atoms with Crippen molar-refractivity contribution in [3.8, 4) is 0 Å². The molecule has 86 valence electrons. The number of pyridine rings is 1. The van der Waals surface area contributed by atoms with Gasteiger partial charge < -0.3 is 0 Å². The van der Waals surface area contributed by atoms with Gasteiger partial charge in [-0.15, -0.1) is 6.58 Å². The van der Waals surface area contributed by atoms with Gasteiger partial charge in [0.1, 0.15) is 4.32 Å². The van der Waals surface area contributed by atoms with Gasteiger partial charge in [-0.2, -0.15) is 0 Å². The predicted octanol–water partition coefficient (Wildman–Crippen LogP) is 2.47. The molecule has 3 nitrogen and oxygen atoms in total. The number of hydrogen-bond donors (Lipinski definition) is 0. The normalized spacial score (nSPS) is 17.9. The molecule has 1 aliphatic heterocycles. The van der Waals surface area contributed by atoms with E-state index in [1.807, 2.05) is 18.2 Å². The average Bonchev–Trinajstić information content (AvgIpc) is 2.59. The summed E-state index contributed by atoms with van der Waals surface area (Å²) >= 11 is 6.46. The topological polar surface area (TPSA) is 33.2 Å². The van der Waals surface area contributed by atoms with E-state index >= 15 is 0 Å². The first kappa shape index (κ1) is 12.0. The molecule has 0 radical (unpaired) electrons. The van der Waals surface area contributed by atoms with E-state index in [0.717, 1.165) is 5.56 Å². The monoisotopic (exact) mass is 262 g/mol. The highest BCUT2D eigenvalue weighted by molar-refractivity contribution is 8.26. The molecule has 0 unspecified atom stereocenters. The van der Waals surface area contributed by atoms with Crippen molar-refractivity contribution in [3.05, 3.63) is 47.6 Å². The van der Waals surface area contributed by atoms with Crippen molar-refractivity contribution >= 4 is 40.3 Å². The van der Waals surface area contributed by atoms with E-state index in [4.69, 9.17) is 12.2 Å². The van der Waals surface area contributed by atoms with Crippen molar-refractivity contribution in [3.63, 3.8) is 0 Å². The molecular formula is C12H10N2OS2. The van der Waals surface area contributed by atoms with E-state index in [2.05, 4.69) is 11.6 Å². The summed E-state index contributed by atoms with van der Waals surface area (Å²) in [7, 11) is 0. The zero-order valence-corrected chi connectivity index (χ0v) is 10.6. The Morgan fingerprint density at radius 2 is 2.18 bits per heavy atom. The molecule has 1 amide bonds. The van der Waals surface area contributed by atoms with Gasteiger partial charge in [0.15, 0.2) is 0 Å². The van der Waals surface area contributed by atoms with Gasteiger partial charge in [-0.05, 0) is 23.8 Å². The Morgan fingerprint density at radius 3 is 2.82 bits per heavy atom. The highest BCUT2D eigenvalue weighted by atomic mass is 32.2. The molecule has 0 aromatic carbocycles. The fourth-order valence-electron chi connectivity index (χ4n) is 1.40. The third-order valence-corrected chi connectivity index (χ3v) is 3.57. The van der Waals surface area contributed by atoms with Gasteiger partial charge in [0.25, 0.3) is 5.91 Å². The van der Waals surface area contributed by atoms with Crippen molar-refractivity contribution in [2.45, 2.75) is 0 Å². The number of carbonyl (C=O) groups is 1. The molecule has 0 saturated carbocycles. The minimum Gasteiger partial charge on any atom is -0.289 e. The molecule has 0 aliphatic carbocycles. The lowest BCUT2D eigenvalue weighted by Crippen LogP contribution is -2.27. The van der Waals surface area contributed by atoms with E-state index in [1.165, 1.54) is 11.8 Å². The second-order valence-corrected chi connectivity index (χ2v) is 5.04. The van der Waals surface area contributed by atoms with Crippen molar-refractivity contribution in [2.75, 3.05) is 6.54 Å². The Kier molecular flexibility index (Phi) is 3.71. The highest BCUT2D eigenvalue weighted by Crippen LogP contribution is 2.32. The molecule has 1 aromatic rings. The molecule has 2 rings (SSSR count). The summed E-state index contributed by atoms with van der Waals surface area (Å²) in [6, 6.07) is 3.69. The fourth-order valence-corrected chi connectivity index (χ4v) is 2.67. The number of thioether (sulfide) groups is 1. The summed E-state index contributed by atoms with van der Waals surface area (Å²) in [6.45, 7) is 4.07. The minimum atomic E-state index is -0.0586. The molecule has 5 heteroatoms. The number of thiocarbonyl (C=S) groups is 1. The molecule has 1 fully saturated rings. The molecule has 2 heterocycles. The second-order valence-electron chi connectivity index (χ2n) is 3.36. The molecule has 0 spiro atoms. The maximum atomic E-state index is 12.0. The van der Waals surface area contributed by atoms with Crippen LogP contribution < -0.4 is 0 Å². The fraction of sp³-hybridized carbons (Fsp3) is 0.0833. The van der Waals surface area contributed by atoms with Crippen LogP contribution in [0.2, 0.25) is 0 Å². The summed E-state index contributed by atoms with van der Waals surface area (Å²) in [6.07, 6.45) is 6.87. The van der Waals surface area contributed by atoms with Gasteiger partial charge in [-0.25, -0.2) is 0 Å². The SMILES string of the molecule is C=CCN1C(=O)/C(=C\c2ccncc2)SC1=S. The molecule has 0 N–H and O–H groups in total. The maximum Gasteiger partial charge on any atom is 0.266 e. The van der Waals surface area contributed by atoms with Crippen molar-refractivity contribution < 1.29 is 4.79 Å². The Balaban J connectivity index is 2.25. The van der Waals surface area contributed by atoms with Gasteiger partial charge in [0.2, 0.25) is 0 Å². The molecule has 17 heavy (non-hydrogen) atoms. The predicted molar refractivity (Wildman–Crippen MR) is 74.3 cm³/mol. The Morgan fingerprint density at radius 1 is 1.47 bits per heavy atom. The summed E-state index contributed by atoms with van der Waals surface area (Å²) in [5.41, 5.74) is 0.944. The first-order chi connectivity index (χ1) is 8.22. The number of nitrogens with zero attached hydrogens (tertiary/aromatic N) is 2. The van der Waals surface area contributed by atoms with Gasteiger partial charge in [-0.3, -0.25) is 14.7 Å². The van der Waals surface area contributed by atoms with Gasteiger partial charge >= 0.3 is 0 Å². The van der Waals surface area contributed by atoms with E-state index in [0.29, 0.717) is 15.8 Å². The molecule has 1 aliphatic rings. The first-order valence-corrected chi connectivity index (χ1v) is 6.21. The molecule has 0 atom stereocenters. The minimum absolute atomic E-state index is 0.0586. The van der Waals surface area contributed by atoms with Crippen LogP contribution in [-0.4, -0.2) is 26.7 Å².